The molecule has 2 atom stereocenters. The van der Waals surface area contributed by atoms with Crippen molar-refractivity contribution in [3.8, 4) is 0 Å². The highest BCUT2D eigenvalue weighted by atomic mass is 35.5. The molecule has 0 spiro atoms. The highest BCUT2D eigenvalue weighted by Gasteiger charge is 2.61. The summed E-state index contributed by atoms with van der Waals surface area (Å²) in [6.45, 7) is 1.80. The lowest BCUT2D eigenvalue weighted by Crippen LogP contribution is -2.30. The number of hydrogen-bond donors (Lipinski definition) is 2. The van der Waals surface area contributed by atoms with Crippen molar-refractivity contribution in [2.24, 2.45) is 17.1 Å². The normalized spacial score (nSPS) is 41.8. The molecule has 1 heterocycles. The minimum absolute atomic E-state index is 0. The zero-order valence-electron chi connectivity index (χ0n) is 5.59. The van der Waals surface area contributed by atoms with E-state index in [1.54, 1.807) is 0 Å². The molecule has 0 bridgehead atoms. The summed E-state index contributed by atoms with van der Waals surface area (Å²) in [4.78, 5) is 10.7. The van der Waals surface area contributed by atoms with Gasteiger partial charge in [0.25, 0.3) is 0 Å². The smallest absolute Gasteiger partial charge is 0.225 e. The number of nitrogens with two attached hydrogens (primary N) is 1. The second-order valence-electron chi connectivity index (χ2n) is 3.05. The van der Waals surface area contributed by atoms with Gasteiger partial charge in [-0.25, -0.2) is 0 Å². The maximum atomic E-state index is 10.7. The summed E-state index contributed by atoms with van der Waals surface area (Å²) >= 11 is 0. The fourth-order valence-electron chi connectivity index (χ4n) is 1.72. The van der Waals surface area contributed by atoms with Gasteiger partial charge < -0.3 is 11.1 Å². The zero-order chi connectivity index (χ0) is 6.48. The van der Waals surface area contributed by atoms with Crippen molar-refractivity contribution < 1.29 is 4.79 Å². The lowest BCUT2D eigenvalue weighted by Gasteiger charge is -2.03. The Morgan fingerprint density at radius 1 is 1.70 bits per heavy atom. The molecular weight excluding hydrogens is 152 g/mol. The van der Waals surface area contributed by atoms with Crippen LogP contribution < -0.4 is 11.1 Å². The second kappa shape index (κ2) is 2.10. The predicted octanol–water partition coefficient (Wildman–Crippen LogP) is -0.497. The number of primary amides is 1. The fraction of sp³-hybridized carbons (Fsp3) is 0.833. The topological polar surface area (TPSA) is 55.1 Å². The van der Waals surface area contributed by atoms with Crippen LogP contribution in [0.1, 0.15) is 6.42 Å². The number of rotatable bonds is 1. The van der Waals surface area contributed by atoms with E-state index >= 15 is 0 Å². The standard InChI is InChI=1S/C6H10N2O.ClH/c7-5(9)6-1-4(6)2-8-3-6;/h4,8H,1-3H2,(H2,7,9);1H. The molecule has 4 heteroatoms. The number of nitrogens with one attached hydrogen (secondary N) is 1. The Labute approximate surface area is 65.8 Å². The maximum absolute atomic E-state index is 10.7. The molecule has 58 valence electrons. The molecule has 3 nitrogen and oxygen atoms in total. The van der Waals surface area contributed by atoms with Crippen molar-refractivity contribution in [1.82, 2.24) is 5.32 Å². The number of carbonyl (C=O) groups excluding carboxylic acids is 1. The molecule has 2 aliphatic rings. The van der Waals surface area contributed by atoms with Crippen LogP contribution in [0.3, 0.4) is 0 Å². The van der Waals surface area contributed by atoms with Crippen LogP contribution >= 0.6 is 12.4 Å². The molecule has 2 fully saturated rings. The lowest BCUT2D eigenvalue weighted by molar-refractivity contribution is -0.122. The van der Waals surface area contributed by atoms with E-state index in [2.05, 4.69) is 5.32 Å². The van der Waals surface area contributed by atoms with Crippen LogP contribution in [0, 0.1) is 11.3 Å². The Hall–Kier alpha value is -0.280. The van der Waals surface area contributed by atoms with Gasteiger partial charge >= 0.3 is 0 Å². The quantitative estimate of drug-likeness (QED) is 0.547. The number of halogens is 1. The average Bonchev–Trinajstić information content (AvgIpc) is 2.38. The summed E-state index contributed by atoms with van der Waals surface area (Å²) in [7, 11) is 0. The summed E-state index contributed by atoms with van der Waals surface area (Å²) in [5, 5.41) is 3.14. The Morgan fingerprint density at radius 3 is 2.60 bits per heavy atom. The van der Waals surface area contributed by atoms with E-state index in [9.17, 15) is 4.79 Å². The first-order chi connectivity index (χ1) is 4.26. The molecule has 0 radical (unpaired) electrons. The molecule has 0 aromatic carbocycles. The van der Waals surface area contributed by atoms with Gasteiger partial charge in [-0.15, -0.1) is 12.4 Å². The maximum Gasteiger partial charge on any atom is 0.225 e. The van der Waals surface area contributed by atoms with Crippen molar-refractivity contribution in [2.45, 2.75) is 6.42 Å². The first-order valence-electron chi connectivity index (χ1n) is 3.26. The van der Waals surface area contributed by atoms with Gasteiger partial charge in [0, 0.05) is 6.54 Å². The number of hydrogen-bond acceptors (Lipinski definition) is 2. The Balaban J connectivity index is 0.000000500. The van der Waals surface area contributed by atoms with Crippen molar-refractivity contribution in [1.29, 1.82) is 0 Å². The van der Waals surface area contributed by atoms with Crippen molar-refractivity contribution >= 4 is 18.3 Å². The van der Waals surface area contributed by atoms with Crippen molar-refractivity contribution in [3.63, 3.8) is 0 Å². The van der Waals surface area contributed by atoms with Crippen molar-refractivity contribution in [2.75, 3.05) is 13.1 Å². The summed E-state index contributed by atoms with van der Waals surface area (Å²) < 4.78 is 0. The largest absolute Gasteiger partial charge is 0.369 e. The van der Waals surface area contributed by atoms with Crippen LogP contribution in [0.25, 0.3) is 0 Å². The van der Waals surface area contributed by atoms with Crippen LogP contribution in [0.4, 0.5) is 0 Å². The summed E-state index contributed by atoms with van der Waals surface area (Å²) in [5.74, 6) is 0.451. The molecule has 1 saturated heterocycles. The zero-order valence-corrected chi connectivity index (χ0v) is 6.41. The Bertz CT molecular complexity index is 173. The molecular formula is C6H11ClN2O. The summed E-state index contributed by atoms with van der Waals surface area (Å²) in [5.41, 5.74) is 5.08. The van der Waals surface area contributed by atoms with Gasteiger partial charge in [0.1, 0.15) is 0 Å². The number of amides is 1. The number of piperidine rings is 1. The first kappa shape index (κ1) is 7.82. The minimum atomic E-state index is -0.113. The van der Waals surface area contributed by atoms with Gasteiger partial charge in [0.2, 0.25) is 5.91 Å². The minimum Gasteiger partial charge on any atom is -0.369 e. The van der Waals surface area contributed by atoms with E-state index in [1.165, 1.54) is 0 Å². The van der Waals surface area contributed by atoms with E-state index < -0.39 is 0 Å². The van der Waals surface area contributed by atoms with E-state index in [4.69, 9.17) is 5.73 Å². The number of fused-ring (bicyclic) bond motifs is 1. The molecule has 1 amide bonds. The predicted molar refractivity (Wildman–Crippen MR) is 39.9 cm³/mol. The monoisotopic (exact) mass is 162 g/mol. The van der Waals surface area contributed by atoms with Gasteiger partial charge in [-0.1, -0.05) is 0 Å². The van der Waals surface area contributed by atoms with Crippen LogP contribution in [0.5, 0.6) is 0 Å². The molecule has 2 rings (SSSR count). The van der Waals surface area contributed by atoms with Crippen LogP contribution in [-0.2, 0) is 4.79 Å². The SMILES string of the molecule is Cl.NC(=O)C12CNCC1C2. The third kappa shape index (κ3) is 0.739. The Morgan fingerprint density at radius 2 is 2.40 bits per heavy atom. The molecule has 1 aliphatic heterocycles. The van der Waals surface area contributed by atoms with Gasteiger partial charge in [0.05, 0.1) is 5.41 Å². The summed E-state index contributed by atoms with van der Waals surface area (Å²) in [6.07, 6.45) is 1.02. The molecule has 0 aromatic rings. The van der Waals surface area contributed by atoms with Gasteiger partial charge in [0.15, 0.2) is 0 Å². The van der Waals surface area contributed by atoms with E-state index in [0.717, 1.165) is 19.5 Å². The van der Waals surface area contributed by atoms with Crippen LogP contribution in [-0.4, -0.2) is 19.0 Å². The Kier molecular flexibility index (Phi) is 1.65. The molecule has 2 unspecified atom stereocenters. The van der Waals surface area contributed by atoms with Gasteiger partial charge in [-0.05, 0) is 18.9 Å². The third-order valence-corrected chi connectivity index (χ3v) is 2.55. The highest BCUT2D eigenvalue weighted by molar-refractivity contribution is 5.85. The summed E-state index contributed by atoms with van der Waals surface area (Å²) in [6, 6.07) is 0. The molecule has 3 N–H and O–H groups in total. The van der Waals surface area contributed by atoms with Gasteiger partial charge in [-0.2, -0.15) is 0 Å². The first-order valence-corrected chi connectivity index (χ1v) is 3.26. The lowest BCUT2D eigenvalue weighted by atomic mass is 10.1. The molecule has 10 heavy (non-hydrogen) atoms. The van der Waals surface area contributed by atoms with Crippen molar-refractivity contribution in [3.05, 3.63) is 0 Å². The second-order valence-corrected chi connectivity index (χ2v) is 3.05. The number of carbonyl (C=O) groups is 1. The van der Waals surface area contributed by atoms with E-state index in [-0.39, 0.29) is 23.7 Å². The molecule has 0 aromatic heterocycles. The van der Waals surface area contributed by atoms with Gasteiger partial charge in [-0.3, -0.25) is 4.79 Å². The molecule has 1 aliphatic carbocycles. The fourth-order valence-corrected chi connectivity index (χ4v) is 1.72. The van der Waals surface area contributed by atoms with Crippen LogP contribution in [0.15, 0.2) is 0 Å². The van der Waals surface area contributed by atoms with E-state index in [0.29, 0.717) is 5.92 Å². The average molecular weight is 163 g/mol. The van der Waals surface area contributed by atoms with Crippen LogP contribution in [0.2, 0.25) is 0 Å². The highest BCUT2D eigenvalue weighted by Crippen LogP contribution is 2.54. The molecule has 1 saturated carbocycles. The third-order valence-electron chi connectivity index (χ3n) is 2.55. The van der Waals surface area contributed by atoms with E-state index in [1.807, 2.05) is 0 Å².